The van der Waals surface area contributed by atoms with E-state index in [4.69, 9.17) is 4.74 Å². The Balaban J connectivity index is 1.47. The highest BCUT2D eigenvalue weighted by atomic mass is 16.6. The van der Waals surface area contributed by atoms with Crippen molar-refractivity contribution in [1.82, 2.24) is 4.98 Å². The number of hydrogen-bond donors (Lipinski definition) is 1. The topological polar surface area (TPSA) is 54.5 Å². The highest BCUT2D eigenvalue weighted by Gasteiger charge is 2.54. The monoisotopic (exact) mass is 343 g/mol. The summed E-state index contributed by atoms with van der Waals surface area (Å²) in [5, 5.41) is 3.01. The third-order valence-electron chi connectivity index (χ3n) is 4.92. The Morgan fingerprint density at radius 2 is 1.81 bits per heavy atom. The fraction of sp³-hybridized carbons (Fsp3) is 0.143. The number of anilines is 2. The average Bonchev–Trinajstić information content (AvgIpc) is 2.91. The van der Waals surface area contributed by atoms with Crippen LogP contribution < -0.4 is 10.2 Å². The Kier molecular flexibility index (Phi) is 3.47. The van der Waals surface area contributed by atoms with E-state index in [1.165, 1.54) is 0 Å². The molecule has 3 unspecified atom stereocenters. The van der Waals surface area contributed by atoms with Gasteiger partial charge >= 0.3 is 0 Å². The zero-order valence-corrected chi connectivity index (χ0v) is 13.9. The van der Waals surface area contributed by atoms with Gasteiger partial charge in [0, 0.05) is 29.3 Å². The highest BCUT2D eigenvalue weighted by Crippen LogP contribution is 2.53. The molecule has 2 aliphatic heterocycles. The lowest BCUT2D eigenvalue weighted by molar-refractivity contribution is -0.142. The van der Waals surface area contributed by atoms with Gasteiger partial charge < -0.3 is 15.0 Å². The summed E-state index contributed by atoms with van der Waals surface area (Å²) in [6.07, 6.45) is 3.06. The molecule has 3 heterocycles. The maximum atomic E-state index is 13.0. The third-order valence-corrected chi connectivity index (χ3v) is 4.92. The molecule has 1 N–H and O–H groups in total. The molecule has 0 bridgehead atoms. The fourth-order valence-electron chi connectivity index (χ4n) is 3.75. The standard InChI is InChI=1S/C21H17N3O2/c25-19(23-15-8-2-1-3-9-15)18-16-10-4-5-11-17(16)24-20(26-21(18)24)14-7-6-12-22-13-14/h1-13,18,20-21H,(H,23,25). The Bertz CT molecular complexity index is 946. The van der Waals surface area contributed by atoms with E-state index >= 15 is 0 Å². The van der Waals surface area contributed by atoms with Crippen molar-refractivity contribution >= 4 is 17.3 Å². The van der Waals surface area contributed by atoms with Gasteiger partial charge in [0.1, 0.15) is 5.92 Å². The van der Waals surface area contributed by atoms with Crippen molar-refractivity contribution in [3.8, 4) is 0 Å². The molecule has 3 atom stereocenters. The molecule has 0 radical (unpaired) electrons. The minimum Gasteiger partial charge on any atom is -0.330 e. The zero-order valence-electron chi connectivity index (χ0n) is 13.9. The first kappa shape index (κ1) is 15.1. The van der Waals surface area contributed by atoms with Gasteiger partial charge in [0.25, 0.3) is 0 Å². The number of carbonyl (C=O) groups is 1. The summed E-state index contributed by atoms with van der Waals surface area (Å²) >= 11 is 0. The molecule has 1 saturated heterocycles. The Morgan fingerprint density at radius 3 is 2.62 bits per heavy atom. The van der Waals surface area contributed by atoms with Crippen LogP contribution in [0.15, 0.2) is 79.1 Å². The Labute approximate surface area is 151 Å². The molecule has 5 rings (SSSR count). The smallest absolute Gasteiger partial charge is 0.236 e. The van der Waals surface area contributed by atoms with Crippen LogP contribution in [0.2, 0.25) is 0 Å². The lowest BCUT2D eigenvalue weighted by Crippen LogP contribution is -2.54. The molecule has 1 aromatic heterocycles. The van der Waals surface area contributed by atoms with Crippen LogP contribution in [0.3, 0.4) is 0 Å². The molecule has 1 amide bonds. The van der Waals surface area contributed by atoms with Gasteiger partial charge in [-0.1, -0.05) is 42.5 Å². The zero-order chi connectivity index (χ0) is 17.5. The van der Waals surface area contributed by atoms with Crippen molar-refractivity contribution in [1.29, 1.82) is 0 Å². The van der Waals surface area contributed by atoms with Crippen molar-refractivity contribution in [2.75, 3.05) is 10.2 Å². The Morgan fingerprint density at radius 1 is 1.00 bits per heavy atom. The second kappa shape index (κ2) is 5.97. The summed E-state index contributed by atoms with van der Waals surface area (Å²) in [6, 6.07) is 21.4. The first-order chi connectivity index (χ1) is 12.8. The number of pyridine rings is 1. The van der Waals surface area contributed by atoms with Crippen molar-refractivity contribution in [2.24, 2.45) is 0 Å². The maximum absolute atomic E-state index is 13.0. The molecule has 26 heavy (non-hydrogen) atoms. The lowest BCUT2D eigenvalue weighted by Gasteiger charge is -2.47. The van der Waals surface area contributed by atoms with Gasteiger partial charge in [-0.05, 0) is 29.8 Å². The minimum atomic E-state index is -0.362. The number of benzene rings is 2. The lowest BCUT2D eigenvalue weighted by atomic mass is 9.98. The molecular weight excluding hydrogens is 326 g/mol. The summed E-state index contributed by atoms with van der Waals surface area (Å²) in [4.78, 5) is 19.3. The van der Waals surface area contributed by atoms with Gasteiger partial charge in [-0.15, -0.1) is 0 Å². The van der Waals surface area contributed by atoms with E-state index in [9.17, 15) is 4.79 Å². The van der Waals surface area contributed by atoms with E-state index in [-0.39, 0.29) is 24.3 Å². The second-order valence-corrected chi connectivity index (χ2v) is 6.46. The molecule has 0 aliphatic carbocycles. The van der Waals surface area contributed by atoms with Crippen LogP contribution in [0.25, 0.3) is 0 Å². The van der Waals surface area contributed by atoms with E-state index in [2.05, 4.69) is 15.2 Å². The van der Waals surface area contributed by atoms with E-state index in [0.717, 1.165) is 22.5 Å². The number of carbonyl (C=O) groups excluding carboxylic acids is 1. The highest BCUT2D eigenvalue weighted by molar-refractivity contribution is 5.99. The summed E-state index contributed by atoms with van der Waals surface area (Å²) in [5.41, 5.74) is 3.82. The van der Waals surface area contributed by atoms with Crippen LogP contribution in [0.5, 0.6) is 0 Å². The van der Waals surface area contributed by atoms with E-state index in [1.54, 1.807) is 12.4 Å². The normalized spacial score (nSPS) is 22.9. The number of ether oxygens (including phenoxy) is 1. The number of aromatic nitrogens is 1. The van der Waals surface area contributed by atoms with Crippen LogP contribution in [0.4, 0.5) is 11.4 Å². The fourth-order valence-corrected chi connectivity index (χ4v) is 3.75. The first-order valence-corrected chi connectivity index (χ1v) is 8.61. The molecule has 128 valence electrons. The van der Waals surface area contributed by atoms with Crippen molar-refractivity contribution in [3.63, 3.8) is 0 Å². The summed E-state index contributed by atoms with van der Waals surface area (Å²) in [6.45, 7) is 0. The van der Waals surface area contributed by atoms with Crippen molar-refractivity contribution in [3.05, 3.63) is 90.3 Å². The maximum Gasteiger partial charge on any atom is 0.236 e. The average molecular weight is 343 g/mol. The van der Waals surface area contributed by atoms with E-state index in [1.807, 2.05) is 66.7 Å². The predicted molar refractivity (Wildman–Crippen MR) is 98.6 cm³/mol. The number of nitrogens with zero attached hydrogens (tertiary/aromatic N) is 2. The third kappa shape index (κ3) is 2.29. The van der Waals surface area contributed by atoms with Gasteiger partial charge in [-0.2, -0.15) is 0 Å². The van der Waals surface area contributed by atoms with Gasteiger partial charge in [-0.25, -0.2) is 0 Å². The molecule has 2 aliphatic rings. The SMILES string of the molecule is O=C(Nc1ccccc1)C1c2ccccc2N2C(c3cccnc3)OC12. The number of nitrogens with one attached hydrogen (secondary N) is 1. The van der Waals surface area contributed by atoms with Crippen molar-refractivity contribution in [2.45, 2.75) is 18.4 Å². The molecule has 1 fully saturated rings. The predicted octanol–water partition coefficient (Wildman–Crippen LogP) is 3.68. The molecule has 5 nitrogen and oxygen atoms in total. The van der Waals surface area contributed by atoms with Crippen molar-refractivity contribution < 1.29 is 9.53 Å². The van der Waals surface area contributed by atoms with Crippen LogP contribution >= 0.6 is 0 Å². The number of amides is 1. The van der Waals surface area contributed by atoms with Crippen LogP contribution in [-0.4, -0.2) is 17.1 Å². The number of para-hydroxylation sites is 2. The molecule has 5 heteroatoms. The van der Waals surface area contributed by atoms with E-state index < -0.39 is 0 Å². The van der Waals surface area contributed by atoms with E-state index in [0.29, 0.717) is 0 Å². The second-order valence-electron chi connectivity index (χ2n) is 6.46. The summed E-state index contributed by atoms with van der Waals surface area (Å²) in [7, 11) is 0. The largest absolute Gasteiger partial charge is 0.330 e. The van der Waals surface area contributed by atoms with Crippen LogP contribution in [0, 0.1) is 0 Å². The number of hydrogen-bond acceptors (Lipinski definition) is 4. The van der Waals surface area contributed by atoms with Crippen LogP contribution in [0.1, 0.15) is 23.3 Å². The summed E-state index contributed by atoms with van der Waals surface area (Å²) < 4.78 is 6.13. The Hall–Kier alpha value is -3.18. The number of fused-ring (bicyclic) bond motifs is 3. The van der Waals surface area contributed by atoms with Crippen LogP contribution in [-0.2, 0) is 9.53 Å². The molecule has 0 saturated carbocycles. The number of rotatable bonds is 3. The van der Waals surface area contributed by atoms with Gasteiger partial charge in [-0.3, -0.25) is 9.78 Å². The molecule has 0 spiro atoms. The summed E-state index contributed by atoms with van der Waals surface area (Å²) in [5.74, 6) is -0.417. The molecule has 3 aromatic rings. The van der Waals surface area contributed by atoms with Gasteiger partial charge in [0.05, 0.1) is 0 Å². The molecule has 2 aromatic carbocycles. The molecular formula is C21H17N3O2. The minimum absolute atomic E-state index is 0.0548. The van der Waals surface area contributed by atoms with Gasteiger partial charge in [0.2, 0.25) is 5.91 Å². The van der Waals surface area contributed by atoms with Gasteiger partial charge in [0.15, 0.2) is 12.5 Å². The quantitative estimate of drug-likeness (QED) is 0.788. The first-order valence-electron chi connectivity index (χ1n) is 8.61.